The lowest BCUT2D eigenvalue weighted by Crippen LogP contribution is -2.29. The van der Waals surface area contributed by atoms with E-state index in [0.29, 0.717) is 22.8 Å². The zero-order valence-corrected chi connectivity index (χ0v) is 17.2. The average Bonchev–Trinajstić information content (AvgIpc) is 3.29. The van der Waals surface area contributed by atoms with Crippen molar-refractivity contribution in [2.75, 3.05) is 19.6 Å². The van der Waals surface area contributed by atoms with Crippen LogP contribution in [-0.2, 0) is 0 Å². The van der Waals surface area contributed by atoms with Gasteiger partial charge in [0.1, 0.15) is 5.69 Å². The zero-order chi connectivity index (χ0) is 21.6. The number of carbonyl (C=O) groups is 1. The Hall–Kier alpha value is -4.26. The van der Waals surface area contributed by atoms with Gasteiger partial charge in [-0.15, -0.1) is 0 Å². The summed E-state index contributed by atoms with van der Waals surface area (Å²) in [7, 11) is 3.15. The number of hydrazine groups is 1. The van der Waals surface area contributed by atoms with Crippen LogP contribution in [0.2, 0.25) is 0 Å². The number of amides is 1. The minimum atomic E-state index is -0.309. The number of nitrogens with zero attached hydrogens (tertiary/aromatic N) is 2. The van der Waals surface area contributed by atoms with E-state index in [-0.39, 0.29) is 5.91 Å². The standard InChI is InChI=1S/C24H22N4O3/c1-30-21-14-13-17(15-22(21)31-2)23-20(16-28(27-23)19-11-7-4-8-12-19)24(29)26-25-18-9-5-3-6-10-18/h3-16,25H,1-2H3,(H,26,29). The lowest BCUT2D eigenvalue weighted by atomic mass is 10.1. The van der Waals surface area contributed by atoms with Gasteiger partial charge in [-0.1, -0.05) is 36.4 Å². The second kappa shape index (κ2) is 9.04. The molecule has 31 heavy (non-hydrogen) atoms. The van der Waals surface area contributed by atoms with E-state index in [2.05, 4.69) is 16.0 Å². The van der Waals surface area contributed by atoms with E-state index in [1.807, 2.05) is 66.7 Å². The van der Waals surface area contributed by atoms with Gasteiger partial charge in [-0.05, 0) is 42.5 Å². The number of nitrogens with one attached hydrogen (secondary N) is 2. The van der Waals surface area contributed by atoms with Gasteiger partial charge in [0, 0.05) is 11.8 Å². The SMILES string of the molecule is COc1ccc(-c2nn(-c3ccccc3)cc2C(=O)NNc2ccccc2)cc1OC. The van der Waals surface area contributed by atoms with E-state index in [9.17, 15) is 4.79 Å². The molecule has 1 aromatic heterocycles. The van der Waals surface area contributed by atoms with Crippen LogP contribution in [0.5, 0.6) is 11.5 Å². The minimum Gasteiger partial charge on any atom is -0.493 e. The fraction of sp³-hybridized carbons (Fsp3) is 0.0833. The molecule has 4 aromatic rings. The Labute approximate surface area is 180 Å². The number of para-hydroxylation sites is 2. The van der Waals surface area contributed by atoms with Crippen molar-refractivity contribution in [2.45, 2.75) is 0 Å². The molecule has 3 aromatic carbocycles. The van der Waals surface area contributed by atoms with Crippen LogP contribution >= 0.6 is 0 Å². The first-order valence-electron chi connectivity index (χ1n) is 9.68. The molecule has 4 rings (SSSR count). The van der Waals surface area contributed by atoms with Gasteiger partial charge in [0.25, 0.3) is 5.91 Å². The van der Waals surface area contributed by atoms with Crippen molar-refractivity contribution < 1.29 is 14.3 Å². The van der Waals surface area contributed by atoms with Crippen molar-refractivity contribution in [3.8, 4) is 28.4 Å². The first-order valence-corrected chi connectivity index (χ1v) is 9.68. The first kappa shape index (κ1) is 20.0. The number of carbonyl (C=O) groups excluding carboxylic acids is 1. The number of hydrogen-bond donors (Lipinski definition) is 2. The molecule has 0 saturated heterocycles. The third-order valence-corrected chi connectivity index (χ3v) is 4.73. The molecule has 1 amide bonds. The monoisotopic (exact) mass is 414 g/mol. The predicted octanol–water partition coefficient (Wildman–Crippen LogP) is 4.31. The third-order valence-electron chi connectivity index (χ3n) is 4.73. The van der Waals surface area contributed by atoms with Crippen LogP contribution in [-0.4, -0.2) is 29.9 Å². The molecule has 0 radical (unpaired) electrons. The lowest BCUT2D eigenvalue weighted by molar-refractivity contribution is 0.0963. The zero-order valence-electron chi connectivity index (χ0n) is 17.2. The Morgan fingerprint density at radius 2 is 1.55 bits per heavy atom. The highest BCUT2D eigenvalue weighted by Crippen LogP contribution is 2.33. The lowest BCUT2D eigenvalue weighted by Gasteiger charge is -2.10. The Morgan fingerprint density at radius 3 is 2.23 bits per heavy atom. The summed E-state index contributed by atoms with van der Waals surface area (Å²) in [6.07, 6.45) is 1.71. The number of benzene rings is 3. The van der Waals surface area contributed by atoms with Crippen LogP contribution < -0.4 is 20.3 Å². The van der Waals surface area contributed by atoms with E-state index in [1.54, 1.807) is 37.2 Å². The molecule has 0 spiro atoms. The van der Waals surface area contributed by atoms with Crippen LogP contribution in [0.25, 0.3) is 16.9 Å². The third kappa shape index (κ3) is 4.35. The molecule has 7 heteroatoms. The molecule has 0 aliphatic carbocycles. The first-order chi connectivity index (χ1) is 15.2. The summed E-state index contributed by atoms with van der Waals surface area (Å²) >= 11 is 0. The fourth-order valence-electron chi connectivity index (χ4n) is 3.17. The van der Waals surface area contributed by atoms with Crippen molar-refractivity contribution in [1.82, 2.24) is 15.2 Å². The summed E-state index contributed by atoms with van der Waals surface area (Å²) in [6, 6.07) is 24.5. The molecule has 7 nitrogen and oxygen atoms in total. The van der Waals surface area contributed by atoms with Gasteiger partial charge >= 0.3 is 0 Å². The van der Waals surface area contributed by atoms with Crippen LogP contribution in [0.15, 0.2) is 85.1 Å². The summed E-state index contributed by atoms with van der Waals surface area (Å²) in [5.41, 5.74) is 8.97. The maximum atomic E-state index is 13.1. The molecule has 0 bridgehead atoms. The van der Waals surface area contributed by atoms with Gasteiger partial charge in [-0.3, -0.25) is 15.6 Å². The smallest absolute Gasteiger partial charge is 0.273 e. The highest BCUT2D eigenvalue weighted by Gasteiger charge is 2.20. The molecule has 0 fully saturated rings. The van der Waals surface area contributed by atoms with E-state index >= 15 is 0 Å². The molecule has 1 heterocycles. The van der Waals surface area contributed by atoms with Crippen molar-refractivity contribution in [3.63, 3.8) is 0 Å². The number of hydrogen-bond acceptors (Lipinski definition) is 5. The van der Waals surface area contributed by atoms with E-state index in [4.69, 9.17) is 9.47 Å². The van der Waals surface area contributed by atoms with E-state index in [0.717, 1.165) is 16.9 Å². The molecular weight excluding hydrogens is 392 g/mol. The number of aromatic nitrogens is 2. The molecule has 0 saturated carbocycles. The predicted molar refractivity (Wildman–Crippen MR) is 120 cm³/mol. The van der Waals surface area contributed by atoms with Gasteiger partial charge in [0.15, 0.2) is 11.5 Å². The summed E-state index contributed by atoms with van der Waals surface area (Å²) in [6.45, 7) is 0. The molecule has 0 unspecified atom stereocenters. The van der Waals surface area contributed by atoms with E-state index in [1.165, 1.54) is 0 Å². The number of rotatable bonds is 7. The van der Waals surface area contributed by atoms with Crippen molar-refractivity contribution >= 4 is 11.6 Å². The minimum absolute atomic E-state index is 0.309. The van der Waals surface area contributed by atoms with Crippen LogP contribution in [0.4, 0.5) is 5.69 Å². The van der Waals surface area contributed by atoms with Crippen molar-refractivity contribution in [1.29, 1.82) is 0 Å². The molecule has 0 aliphatic heterocycles. The van der Waals surface area contributed by atoms with Gasteiger partial charge in [0.2, 0.25) is 0 Å². The average molecular weight is 414 g/mol. The summed E-state index contributed by atoms with van der Waals surface area (Å²) in [4.78, 5) is 13.1. The highest BCUT2D eigenvalue weighted by atomic mass is 16.5. The number of ether oxygens (including phenoxy) is 2. The molecular formula is C24H22N4O3. The Morgan fingerprint density at radius 1 is 0.871 bits per heavy atom. The quantitative estimate of drug-likeness (QED) is 0.441. The number of methoxy groups -OCH3 is 2. The van der Waals surface area contributed by atoms with Gasteiger partial charge in [-0.2, -0.15) is 5.10 Å². The largest absolute Gasteiger partial charge is 0.493 e. The van der Waals surface area contributed by atoms with E-state index < -0.39 is 0 Å². The molecule has 0 aliphatic rings. The van der Waals surface area contributed by atoms with Gasteiger partial charge < -0.3 is 9.47 Å². The van der Waals surface area contributed by atoms with Crippen LogP contribution in [0.3, 0.4) is 0 Å². The van der Waals surface area contributed by atoms with Crippen LogP contribution in [0, 0.1) is 0 Å². The highest BCUT2D eigenvalue weighted by molar-refractivity contribution is 6.00. The van der Waals surface area contributed by atoms with Gasteiger partial charge in [0.05, 0.1) is 31.2 Å². The molecule has 0 atom stereocenters. The fourth-order valence-corrected chi connectivity index (χ4v) is 3.17. The molecule has 156 valence electrons. The Balaban J connectivity index is 1.72. The Kier molecular flexibility index (Phi) is 5.84. The normalized spacial score (nSPS) is 10.4. The maximum Gasteiger partial charge on any atom is 0.273 e. The van der Waals surface area contributed by atoms with Gasteiger partial charge in [-0.25, -0.2) is 4.68 Å². The number of anilines is 1. The second-order valence-corrected chi connectivity index (χ2v) is 6.69. The second-order valence-electron chi connectivity index (χ2n) is 6.69. The topological polar surface area (TPSA) is 77.4 Å². The molecule has 2 N–H and O–H groups in total. The summed E-state index contributed by atoms with van der Waals surface area (Å²) in [5, 5.41) is 4.69. The Bertz CT molecular complexity index is 1170. The summed E-state index contributed by atoms with van der Waals surface area (Å²) in [5.74, 6) is 0.851. The van der Waals surface area contributed by atoms with Crippen molar-refractivity contribution in [2.24, 2.45) is 0 Å². The summed E-state index contributed by atoms with van der Waals surface area (Å²) < 4.78 is 12.4. The van der Waals surface area contributed by atoms with Crippen LogP contribution in [0.1, 0.15) is 10.4 Å². The van der Waals surface area contributed by atoms with Crippen molar-refractivity contribution in [3.05, 3.63) is 90.6 Å². The maximum absolute atomic E-state index is 13.1.